The van der Waals surface area contributed by atoms with Gasteiger partial charge in [0.1, 0.15) is 23.4 Å². The molecule has 3 aromatic heterocycles. The van der Waals surface area contributed by atoms with Crippen LogP contribution in [-0.2, 0) is 14.3 Å². The Morgan fingerprint density at radius 2 is 1.76 bits per heavy atom. The number of hydrogen-bond acceptors (Lipinski definition) is 11. The summed E-state index contributed by atoms with van der Waals surface area (Å²) < 4.78 is 13.6. The average molecular weight is 690 g/mol. The molecule has 2 fully saturated rings. The highest BCUT2D eigenvalue weighted by Gasteiger charge is 2.30. The predicted octanol–water partition coefficient (Wildman–Crippen LogP) is 5.53. The summed E-state index contributed by atoms with van der Waals surface area (Å²) in [5.41, 5.74) is 11.0. The van der Waals surface area contributed by atoms with Crippen LogP contribution in [0.1, 0.15) is 50.6 Å². The quantitative estimate of drug-likeness (QED) is 0.152. The molecule has 0 bridgehead atoms. The van der Waals surface area contributed by atoms with Gasteiger partial charge in [-0.25, -0.2) is 14.6 Å². The largest absolute Gasteiger partial charge is 0.481 e. The first-order chi connectivity index (χ1) is 23.7. The van der Waals surface area contributed by atoms with Crippen molar-refractivity contribution in [1.29, 1.82) is 0 Å². The van der Waals surface area contributed by atoms with Gasteiger partial charge in [0.2, 0.25) is 5.91 Å². The molecule has 1 saturated heterocycles. The third-order valence-electron chi connectivity index (χ3n) is 8.78. The second-order valence-corrected chi connectivity index (χ2v) is 12.7. The number of primary amides is 1. The fourth-order valence-electron chi connectivity index (χ4n) is 6.52. The zero-order chi connectivity index (χ0) is 34.5. The van der Waals surface area contributed by atoms with E-state index in [-0.39, 0.29) is 18.4 Å². The summed E-state index contributed by atoms with van der Waals surface area (Å²) in [5.74, 6) is -0.576. The summed E-state index contributed by atoms with van der Waals surface area (Å²) in [5, 5.41) is 20.6. The number of carboxylic acids is 1. The second-order valence-electron chi connectivity index (χ2n) is 12.3. The van der Waals surface area contributed by atoms with Gasteiger partial charge in [0, 0.05) is 55.3 Å². The first-order valence-corrected chi connectivity index (χ1v) is 16.7. The topological polar surface area (TPSA) is 187 Å². The number of nitrogens with one attached hydrogen (secondary N) is 2. The van der Waals surface area contributed by atoms with Crippen LogP contribution in [-0.4, -0.2) is 85.5 Å². The highest BCUT2D eigenvalue weighted by atomic mass is 35.5. The number of anilines is 3. The Hall–Kier alpha value is -4.79. The number of oxazole rings is 1. The predicted molar refractivity (Wildman–Crippen MR) is 187 cm³/mol. The van der Waals surface area contributed by atoms with Crippen LogP contribution < -0.4 is 16.4 Å². The van der Waals surface area contributed by atoms with Gasteiger partial charge in [-0.2, -0.15) is 10.1 Å². The Labute approximate surface area is 288 Å². The van der Waals surface area contributed by atoms with E-state index in [0.29, 0.717) is 40.5 Å². The van der Waals surface area contributed by atoms with Crippen LogP contribution in [0.3, 0.4) is 0 Å². The van der Waals surface area contributed by atoms with Crippen LogP contribution in [0.4, 0.5) is 17.5 Å². The Morgan fingerprint density at radius 1 is 1.06 bits per heavy atom. The molecule has 258 valence electrons. The maximum Gasteiger partial charge on any atom is 0.300 e. The first-order valence-electron chi connectivity index (χ1n) is 16.4. The van der Waals surface area contributed by atoms with Gasteiger partial charge in [-0.3, -0.25) is 14.5 Å². The van der Waals surface area contributed by atoms with Crippen molar-refractivity contribution in [3.63, 3.8) is 0 Å². The van der Waals surface area contributed by atoms with Crippen LogP contribution in [0, 0.1) is 6.92 Å². The molecule has 15 heteroatoms. The van der Waals surface area contributed by atoms with E-state index in [2.05, 4.69) is 30.2 Å². The van der Waals surface area contributed by atoms with E-state index in [1.165, 1.54) is 0 Å². The average Bonchev–Trinajstić information content (AvgIpc) is 3.67. The summed E-state index contributed by atoms with van der Waals surface area (Å²) in [6.45, 7) is 7.03. The van der Waals surface area contributed by atoms with Crippen molar-refractivity contribution in [2.75, 3.05) is 43.5 Å². The lowest BCUT2D eigenvalue weighted by atomic mass is 9.90. The van der Waals surface area contributed by atoms with Crippen LogP contribution in [0.5, 0.6) is 0 Å². The van der Waals surface area contributed by atoms with Crippen molar-refractivity contribution >= 4 is 63.1 Å². The van der Waals surface area contributed by atoms with Gasteiger partial charge >= 0.3 is 0 Å². The van der Waals surface area contributed by atoms with Crippen LogP contribution in [0.2, 0.25) is 5.02 Å². The SMILES string of the molecule is CC(=O)O.Cc1cc(Cl)cc2nc(Nc3ccc(-c4nn([C@H]5CC[C@H](N6CCOCC6)CC5)c5ncnc(NCCC(N)=O)c45)cc3)oc12. The molecule has 4 heterocycles. The number of hydrogen-bond donors (Lipinski definition) is 4. The Balaban J connectivity index is 0.000000989. The van der Waals surface area contributed by atoms with Crippen molar-refractivity contribution in [2.24, 2.45) is 5.73 Å². The molecule has 2 aliphatic rings. The van der Waals surface area contributed by atoms with Gasteiger partial charge in [0.05, 0.1) is 24.6 Å². The maximum absolute atomic E-state index is 11.4. The second kappa shape index (κ2) is 15.2. The molecule has 14 nitrogen and oxygen atoms in total. The minimum atomic E-state index is -0.833. The molecule has 5 aromatic rings. The molecular weight excluding hydrogens is 650 g/mol. The number of carbonyl (C=O) groups is 2. The number of nitrogens with zero attached hydrogens (tertiary/aromatic N) is 6. The lowest BCUT2D eigenvalue weighted by Crippen LogP contribution is -2.45. The molecule has 5 N–H and O–H groups in total. The van der Waals surface area contributed by atoms with E-state index in [4.69, 9.17) is 46.5 Å². The Kier molecular flexibility index (Phi) is 10.6. The third-order valence-corrected chi connectivity index (χ3v) is 9.00. The minimum Gasteiger partial charge on any atom is -0.481 e. The van der Waals surface area contributed by atoms with Crippen molar-refractivity contribution in [1.82, 2.24) is 29.6 Å². The van der Waals surface area contributed by atoms with Crippen molar-refractivity contribution in [2.45, 2.75) is 58.0 Å². The van der Waals surface area contributed by atoms with E-state index in [1.807, 2.05) is 37.3 Å². The zero-order valence-corrected chi connectivity index (χ0v) is 28.2. The van der Waals surface area contributed by atoms with Gasteiger partial charge in [-0.15, -0.1) is 0 Å². The number of fused-ring (bicyclic) bond motifs is 2. The fourth-order valence-corrected chi connectivity index (χ4v) is 6.79. The smallest absolute Gasteiger partial charge is 0.300 e. The monoisotopic (exact) mass is 689 g/mol. The molecule has 0 unspecified atom stereocenters. The van der Waals surface area contributed by atoms with E-state index in [9.17, 15) is 4.79 Å². The molecule has 0 spiro atoms. The number of halogens is 1. The number of carboxylic acid groups (broad SMARTS) is 1. The van der Waals surface area contributed by atoms with E-state index < -0.39 is 5.97 Å². The van der Waals surface area contributed by atoms with Crippen molar-refractivity contribution < 1.29 is 23.8 Å². The van der Waals surface area contributed by atoms with Gasteiger partial charge in [0.15, 0.2) is 11.2 Å². The van der Waals surface area contributed by atoms with Gasteiger partial charge in [0.25, 0.3) is 12.0 Å². The fraction of sp³-hybridized carbons (Fsp3) is 0.412. The summed E-state index contributed by atoms with van der Waals surface area (Å²) in [6.07, 6.45) is 6.01. The number of morpholine rings is 1. The Morgan fingerprint density at radius 3 is 2.45 bits per heavy atom. The molecular formula is C34H40ClN9O5. The standard InChI is InChI=1S/C32H36ClN9O3.C2H4O2/c1-19-16-21(33)17-25-29(19)45-32(39-25)38-22-4-2-20(3-5-22)28-27-30(35-11-10-26(34)43)36-18-37-31(27)42(40-28)24-8-6-23(7-9-24)41-12-14-44-15-13-41;1-2(3)4/h2-5,16-18,23-24H,6-15H2,1H3,(H2,34,43)(H,38,39)(H,35,36,37);1H3,(H,3,4)/t23-,24-;. The number of aromatic nitrogens is 5. The normalized spacial score (nSPS) is 18.2. The summed E-state index contributed by atoms with van der Waals surface area (Å²) in [7, 11) is 0. The number of aliphatic carboxylic acids is 1. The number of nitrogens with two attached hydrogens (primary N) is 1. The molecule has 2 aromatic carbocycles. The highest BCUT2D eigenvalue weighted by molar-refractivity contribution is 6.31. The van der Waals surface area contributed by atoms with Crippen LogP contribution in [0.25, 0.3) is 33.4 Å². The molecule has 1 aliphatic heterocycles. The molecule has 0 atom stereocenters. The first kappa shape index (κ1) is 34.1. The molecule has 7 rings (SSSR count). The number of ether oxygens (including phenoxy) is 1. The lowest BCUT2D eigenvalue weighted by Gasteiger charge is -2.38. The summed E-state index contributed by atoms with van der Waals surface area (Å²) >= 11 is 6.20. The Bertz CT molecular complexity index is 1930. The van der Waals surface area contributed by atoms with Gasteiger partial charge in [-0.05, 0) is 62.4 Å². The molecule has 49 heavy (non-hydrogen) atoms. The molecule has 0 radical (unpaired) electrons. The van der Waals surface area contributed by atoms with E-state index >= 15 is 0 Å². The van der Waals surface area contributed by atoms with Crippen LogP contribution in [0.15, 0.2) is 47.1 Å². The number of amides is 1. The van der Waals surface area contributed by atoms with E-state index in [0.717, 1.165) is 92.5 Å². The molecule has 1 saturated carbocycles. The van der Waals surface area contributed by atoms with Gasteiger partial charge in [-0.1, -0.05) is 23.7 Å². The number of rotatable bonds is 9. The number of benzene rings is 2. The summed E-state index contributed by atoms with van der Waals surface area (Å²) in [4.78, 5) is 36.8. The summed E-state index contributed by atoms with van der Waals surface area (Å²) in [6, 6.07) is 12.8. The van der Waals surface area contributed by atoms with Gasteiger partial charge < -0.3 is 30.6 Å². The third kappa shape index (κ3) is 8.10. The van der Waals surface area contributed by atoms with Crippen molar-refractivity contribution in [3.05, 3.63) is 53.3 Å². The van der Waals surface area contributed by atoms with Crippen LogP contribution >= 0.6 is 11.6 Å². The molecule has 1 amide bonds. The van der Waals surface area contributed by atoms with E-state index in [1.54, 1.807) is 12.4 Å². The van der Waals surface area contributed by atoms with Crippen molar-refractivity contribution in [3.8, 4) is 11.3 Å². The number of aryl methyl sites for hydroxylation is 1. The minimum absolute atomic E-state index is 0.197. The zero-order valence-electron chi connectivity index (χ0n) is 27.5. The number of carbonyl (C=O) groups excluding carboxylic acids is 1. The lowest BCUT2D eigenvalue weighted by molar-refractivity contribution is -0.134. The molecule has 1 aliphatic carbocycles. The maximum atomic E-state index is 11.4. The highest BCUT2D eigenvalue weighted by Crippen LogP contribution is 2.38.